The molecule has 0 radical (unpaired) electrons. The summed E-state index contributed by atoms with van der Waals surface area (Å²) in [5.41, 5.74) is 5.67. The second kappa shape index (κ2) is 5.85. The van der Waals surface area contributed by atoms with Crippen LogP contribution in [-0.4, -0.2) is 18.2 Å². The van der Waals surface area contributed by atoms with Gasteiger partial charge in [-0.05, 0) is 68.5 Å². The van der Waals surface area contributed by atoms with Gasteiger partial charge < -0.3 is 0 Å². The minimum atomic E-state index is -3.57. The Hall–Kier alpha value is -1.66. The Morgan fingerprint density at radius 2 is 1.50 bits per heavy atom. The lowest BCUT2D eigenvalue weighted by atomic mass is 9.95. The van der Waals surface area contributed by atoms with Crippen molar-refractivity contribution < 1.29 is 8.42 Å². The number of sulfonamides is 1. The van der Waals surface area contributed by atoms with Crippen LogP contribution in [0.4, 0.5) is 0 Å². The van der Waals surface area contributed by atoms with Gasteiger partial charge in [0.1, 0.15) is 0 Å². The molecular weight excluding hydrogens is 298 g/mol. The number of aromatic nitrogens is 2. The van der Waals surface area contributed by atoms with E-state index in [1.807, 2.05) is 34.6 Å². The van der Waals surface area contributed by atoms with E-state index in [1.165, 1.54) is 0 Å². The highest BCUT2D eigenvalue weighted by Crippen LogP contribution is 2.29. The largest absolute Gasteiger partial charge is 0.271 e. The van der Waals surface area contributed by atoms with E-state index in [9.17, 15) is 8.42 Å². The average molecular weight is 321 g/mol. The molecular formula is C16H23N3O2S. The molecule has 1 aromatic heterocycles. The minimum Gasteiger partial charge on any atom is -0.271 e. The van der Waals surface area contributed by atoms with Crippen molar-refractivity contribution in [1.29, 1.82) is 0 Å². The third kappa shape index (κ3) is 2.80. The molecule has 0 amide bonds. The van der Waals surface area contributed by atoms with Crippen molar-refractivity contribution in [3.63, 3.8) is 0 Å². The van der Waals surface area contributed by atoms with E-state index < -0.39 is 10.0 Å². The molecule has 0 unspecified atom stereocenters. The van der Waals surface area contributed by atoms with Crippen LogP contribution in [0, 0.1) is 34.6 Å². The zero-order valence-corrected chi connectivity index (χ0v) is 14.8. The fraction of sp³-hybridized carbons (Fsp3) is 0.438. The van der Waals surface area contributed by atoms with Gasteiger partial charge in [-0.1, -0.05) is 0 Å². The SMILES string of the molecule is Cc1c(C)c(C)c(S(=O)(=O)NCc2ccnn2C)c(C)c1C. The maximum absolute atomic E-state index is 12.8. The van der Waals surface area contributed by atoms with Gasteiger partial charge in [-0.2, -0.15) is 5.10 Å². The van der Waals surface area contributed by atoms with Gasteiger partial charge in [0.05, 0.1) is 17.1 Å². The molecule has 22 heavy (non-hydrogen) atoms. The molecule has 0 bridgehead atoms. The second-order valence-electron chi connectivity index (χ2n) is 5.72. The Balaban J connectivity index is 2.44. The molecule has 2 aromatic rings. The summed E-state index contributed by atoms with van der Waals surface area (Å²) >= 11 is 0. The number of hydrogen-bond donors (Lipinski definition) is 1. The molecule has 0 spiro atoms. The summed E-state index contributed by atoms with van der Waals surface area (Å²) < 4.78 is 29.9. The van der Waals surface area contributed by atoms with E-state index in [0.29, 0.717) is 4.90 Å². The molecule has 0 atom stereocenters. The van der Waals surface area contributed by atoms with Gasteiger partial charge in [-0.3, -0.25) is 4.68 Å². The molecule has 0 aliphatic heterocycles. The lowest BCUT2D eigenvalue weighted by molar-refractivity contribution is 0.575. The lowest BCUT2D eigenvalue weighted by Crippen LogP contribution is -2.26. The molecule has 2 rings (SSSR count). The zero-order valence-electron chi connectivity index (χ0n) is 14.0. The van der Waals surface area contributed by atoms with Gasteiger partial charge in [0, 0.05) is 13.2 Å². The van der Waals surface area contributed by atoms with Crippen molar-refractivity contribution in [2.75, 3.05) is 0 Å². The summed E-state index contributed by atoms with van der Waals surface area (Å²) in [4.78, 5) is 0.398. The van der Waals surface area contributed by atoms with Crippen LogP contribution >= 0.6 is 0 Å². The summed E-state index contributed by atoms with van der Waals surface area (Å²) in [5.74, 6) is 0. The van der Waals surface area contributed by atoms with Gasteiger partial charge in [0.25, 0.3) is 0 Å². The summed E-state index contributed by atoms with van der Waals surface area (Å²) in [6.45, 7) is 9.93. The maximum Gasteiger partial charge on any atom is 0.241 e. The number of rotatable bonds is 4. The summed E-state index contributed by atoms with van der Waals surface area (Å²) in [7, 11) is -1.78. The molecule has 1 N–H and O–H groups in total. The molecule has 0 aliphatic carbocycles. The minimum absolute atomic E-state index is 0.226. The van der Waals surface area contributed by atoms with Gasteiger partial charge in [-0.15, -0.1) is 0 Å². The van der Waals surface area contributed by atoms with E-state index in [1.54, 1.807) is 24.0 Å². The molecule has 1 heterocycles. The van der Waals surface area contributed by atoms with E-state index in [0.717, 1.165) is 33.5 Å². The van der Waals surface area contributed by atoms with E-state index in [4.69, 9.17) is 0 Å². The highest BCUT2D eigenvalue weighted by molar-refractivity contribution is 7.89. The van der Waals surface area contributed by atoms with Crippen molar-refractivity contribution in [3.05, 3.63) is 45.8 Å². The van der Waals surface area contributed by atoms with Crippen LogP contribution in [0.2, 0.25) is 0 Å². The van der Waals surface area contributed by atoms with Gasteiger partial charge >= 0.3 is 0 Å². The number of nitrogens with zero attached hydrogens (tertiary/aromatic N) is 2. The summed E-state index contributed by atoms with van der Waals surface area (Å²) in [6.07, 6.45) is 1.65. The number of aryl methyl sites for hydroxylation is 1. The molecule has 0 fully saturated rings. The normalized spacial score (nSPS) is 11.9. The van der Waals surface area contributed by atoms with Crippen molar-refractivity contribution in [2.45, 2.75) is 46.1 Å². The third-order valence-corrected chi connectivity index (χ3v) is 6.24. The first-order valence-corrected chi connectivity index (χ1v) is 8.68. The third-order valence-electron chi connectivity index (χ3n) is 4.57. The predicted octanol–water partition coefficient (Wildman–Crippen LogP) is 2.44. The number of hydrogen-bond acceptors (Lipinski definition) is 3. The first-order chi connectivity index (χ1) is 10.2. The van der Waals surface area contributed by atoms with Crippen LogP contribution < -0.4 is 4.72 Å². The van der Waals surface area contributed by atoms with E-state index in [2.05, 4.69) is 9.82 Å². The molecule has 120 valence electrons. The molecule has 0 saturated carbocycles. The lowest BCUT2D eigenvalue weighted by Gasteiger charge is -2.19. The maximum atomic E-state index is 12.8. The van der Waals surface area contributed by atoms with Crippen molar-refractivity contribution in [1.82, 2.24) is 14.5 Å². The van der Waals surface area contributed by atoms with Gasteiger partial charge in [-0.25, -0.2) is 13.1 Å². The van der Waals surface area contributed by atoms with E-state index >= 15 is 0 Å². The monoisotopic (exact) mass is 321 g/mol. The summed E-state index contributed by atoms with van der Waals surface area (Å²) in [6, 6.07) is 1.80. The molecule has 6 heteroatoms. The molecule has 0 saturated heterocycles. The second-order valence-corrected chi connectivity index (χ2v) is 7.43. The topological polar surface area (TPSA) is 64.0 Å². The fourth-order valence-corrected chi connectivity index (χ4v) is 4.28. The highest BCUT2D eigenvalue weighted by atomic mass is 32.2. The Morgan fingerprint density at radius 1 is 1.00 bits per heavy atom. The van der Waals surface area contributed by atoms with Crippen LogP contribution in [0.5, 0.6) is 0 Å². The first kappa shape index (κ1) is 16.7. The number of benzene rings is 1. The number of nitrogens with one attached hydrogen (secondary N) is 1. The van der Waals surface area contributed by atoms with Gasteiger partial charge in [0.2, 0.25) is 10.0 Å². The Labute approximate surface area is 132 Å². The van der Waals surface area contributed by atoms with E-state index in [-0.39, 0.29) is 6.54 Å². The van der Waals surface area contributed by atoms with Crippen LogP contribution in [0.25, 0.3) is 0 Å². The van der Waals surface area contributed by atoms with Crippen molar-refractivity contribution >= 4 is 10.0 Å². The zero-order chi connectivity index (χ0) is 16.7. The summed E-state index contributed by atoms with van der Waals surface area (Å²) in [5, 5.41) is 4.05. The average Bonchev–Trinajstić information content (AvgIpc) is 2.86. The quantitative estimate of drug-likeness (QED) is 0.941. The molecule has 0 aliphatic rings. The predicted molar refractivity (Wildman–Crippen MR) is 87.4 cm³/mol. The van der Waals surface area contributed by atoms with Crippen molar-refractivity contribution in [2.24, 2.45) is 7.05 Å². The van der Waals surface area contributed by atoms with Crippen LogP contribution in [0.1, 0.15) is 33.5 Å². The Morgan fingerprint density at radius 3 is 1.95 bits per heavy atom. The van der Waals surface area contributed by atoms with Crippen LogP contribution in [-0.2, 0) is 23.6 Å². The first-order valence-electron chi connectivity index (χ1n) is 7.20. The van der Waals surface area contributed by atoms with Gasteiger partial charge in [0.15, 0.2) is 0 Å². The molecule has 1 aromatic carbocycles. The molecule has 5 nitrogen and oxygen atoms in total. The van der Waals surface area contributed by atoms with Crippen LogP contribution in [0.3, 0.4) is 0 Å². The van der Waals surface area contributed by atoms with Crippen molar-refractivity contribution in [3.8, 4) is 0 Å². The fourth-order valence-electron chi connectivity index (χ4n) is 2.68. The Kier molecular flexibility index (Phi) is 4.44. The Bertz CT molecular complexity index is 791. The smallest absolute Gasteiger partial charge is 0.241 e. The standard InChI is InChI=1S/C16H23N3O2S/c1-10-11(2)13(4)16(14(5)12(10)3)22(20,21)18-9-15-7-8-17-19(15)6/h7-8,18H,9H2,1-6H3. The van der Waals surface area contributed by atoms with Crippen LogP contribution in [0.15, 0.2) is 17.2 Å². The highest BCUT2D eigenvalue weighted by Gasteiger charge is 2.23.